The van der Waals surface area contributed by atoms with Crippen LogP contribution in [-0.4, -0.2) is 14.8 Å². The van der Waals surface area contributed by atoms with Crippen LogP contribution in [0, 0.1) is 0 Å². The van der Waals surface area contributed by atoms with Crippen LogP contribution in [0.1, 0.15) is 5.56 Å². The summed E-state index contributed by atoms with van der Waals surface area (Å²) < 4.78 is 40.1. The van der Waals surface area contributed by atoms with Crippen LogP contribution < -0.4 is 5.73 Å². The highest BCUT2D eigenvalue weighted by atomic mass is 19.4. The summed E-state index contributed by atoms with van der Waals surface area (Å²) in [5, 5.41) is 4.06. The fourth-order valence-corrected chi connectivity index (χ4v) is 2.03. The summed E-state index contributed by atoms with van der Waals surface area (Å²) in [5.41, 5.74) is 5.70. The molecular weight excluding hydrogens is 269 g/mol. The van der Waals surface area contributed by atoms with E-state index in [0.717, 1.165) is 6.07 Å². The van der Waals surface area contributed by atoms with Gasteiger partial charge in [-0.3, -0.25) is 0 Å². The Morgan fingerprint density at radius 3 is 2.50 bits per heavy atom. The number of aromatic nitrogens is 3. The third-order valence-corrected chi connectivity index (χ3v) is 2.93. The number of nitrogen functional groups attached to an aromatic ring is 1. The van der Waals surface area contributed by atoms with Gasteiger partial charge in [0.15, 0.2) is 0 Å². The second kappa shape index (κ2) is 4.22. The highest BCUT2D eigenvalue weighted by molar-refractivity contribution is 5.84. The Labute approximate surface area is 111 Å². The molecular formula is C13H9F3N4. The van der Waals surface area contributed by atoms with Crippen molar-refractivity contribution in [3.8, 4) is 5.69 Å². The standard InChI is InChI=1S/C13H9F3N4/c14-13(15,16)10-2-1-3-11-9(10)7-19-20(11)8-4-5-12(17)18-6-8/h1-7H,(H2,17,18). The van der Waals surface area contributed by atoms with Crippen LogP contribution in [0.15, 0.2) is 42.7 Å². The van der Waals surface area contributed by atoms with Crippen molar-refractivity contribution in [2.45, 2.75) is 6.18 Å². The molecule has 0 bridgehead atoms. The normalized spacial score (nSPS) is 11.9. The minimum Gasteiger partial charge on any atom is -0.384 e. The summed E-state index contributed by atoms with van der Waals surface area (Å²) in [5.74, 6) is 0.334. The molecule has 0 spiro atoms. The summed E-state index contributed by atoms with van der Waals surface area (Å²) in [7, 11) is 0. The maximum Gasteiger partial charge on any atom is 0.417 e. The van der Waals surface area contributed by atoms with Gasteiger partial charge in [-0.15, -0.1) is 0 Å². The van der Waals surface area contributed by atoms with Gasteiger partial charge in [0.25, 0.3) is 0 Å². The van der Waals surface area contributed by atoms with Crippen molar-refractivity contribution in [2.24, 2.45) is 0 Å². The topological polar surface area (TPSA) is 56.7 Å². The van der Waals surface area contributed by atoms with E-state index in [1.54, 1.807) is 18.2 Å². The van der Waals surface area contributed by atoms with Gasteiger partial charge < -0.3 is 5.73 Å². The number of nitrogens with zero attached hydrogens (tertiary/aromatic N) is 3. The third-order valence-electron chi connectivity index (χ3n) is 2.93. The Kier molecular flexibility index (Phi) is 2.63. The molecule has 0 aliphatic heterocycles. The molecule has 0 unspecified atom stereocenters. The molecule has 0 aliphatic carbocycles. The minimum atomic E-state index is -4.41. The zero-order valence-corrected chi connectivity index (χ0v) is 10.1. The van der Waals surface area contributed by atoms with E-state index in [1.165, 1.54) is 23.1 Å². The molecule has 0 fully saturated rings. The summed E-state index contributed by atoms with van der Waals surface area (Å²) in [6.45, 7) is 0. The van der Waals surface area contributed by atoms with E-state index in [-0.39, 0.29) is 5.39 Å². The van der Waals surface area contributed by atoms with Gasteiger partial charge in [-0.05, 0) is 24.3 Å². The SMILES string of the molecule is Nc1ccc(-n2ncc3c(C(F)(F)F)cccc32)cn1. The number of pyridine rings is 1. The molecule has 3 aromatic rings. The zero-order chi connectivity index (χ0) is 14.3. The molecule has 2 N–H and O–H groups in total. The minimum absolute atomic E-state index is 0.0526. The summed E-state index contributed by atoms with van der Waals surface area (Å²) >= 11 is 0. The van der Waals surface area contributed by atoms with Crippen molar-refractivity contribution in [2.75, 3.05) is 5.73 Å². The lowest BCUT2D eigenvalue weighted by Crippen LogP contribution is -2.05. The van der Waals surface area contributed by atoms with Gasteiger partial charge in [-0.2, -0.15) is 18.3 Å². The van der Waals surface area contributed by atoms with Crippen molar-refractivity contribution in [1.29, 1.82) is 0 Å². The Balaban J connectivity index is 2.22. The number of anilines is 1. The number of hydrogen-bond donors (Lipinski definition) is 1. The van der Waals surface area contributed by atoms with Crippen molar-refractivity contribution >= 4 is 16.7 Å². The predicted molar refractivity (Wildman–Crippen MR) is 68.3 cm³/mol. The molecule has 0 saturated carbocycles. The van der Waals surface area contributed by atoms with Crippen LogP contribution in [0.5, 0.6) is 0 Å². The lowest BCUT2D eigenvalue weighted by molar-refractivity contribution is -0.136. The number of benzene rings is 1. The lowest BCUT2D eigenvalue weighted by Gasteiger charge is -2.08. The number of fused-ring (bicyclic) bond motifs is 1. The molecule has 7 heteroatoms. The maximum atomic E-state index is 12.9. The second-order valence-electron chi connectivity index (χ2n) is 4.23. The van der Waals surface area contributed by atoms with Gasteiger partial charge in [0, 0.05) is 5.39 Å². The van der Waals surface area contributed by atoms with Crippen molar-refractivity contribution in [3.63, 3.8) is 0 Å². The van der Waals surface area contributed by atoms with E-state index < -0.39 is 11.7 Å². The molecule has 0 atom stereocenters. The lowest BCUT2D eigenvalue weighted by atomic mass is 10.1. The van der Waals surface area contributed by atoms with Crippen molar-refractivity contribution in [1.82, 2.24) is 14.8 Å². The summed E-state index contributed by atoms with van der Waals surface area (Å²) in [4.78, 5) is 3.91. The average molecular weight is 278 g/mol. The maximum absolute atomic E-state index is 12.9. The Hall–Kier alpha value is -2.57. The first-order valence-corrected chi connectivity index (χ1v) is 5.72. The van der Waals surface area contributed by atoms with Crippen LogP contribution in [0.3, 0.4) is 0 Å². The first kappa shape index (κ1) is 12.5. The third kappa shape index (κ3) is 1.97. The molecule has 3 rings (SSSR count). The molecule has 20 heavy (non-hydrogen) atoms. The van der Waals surface area contributed by atoms with Crippen LogP contribution in [0.25, 0.3) is 16.6 Å². The number of hydrogen-bond acceptors (Lipinski definition) is 3. The van der Waals surface area contributed by atoms with Gasteiger partial charge >= 0.3 is 6.18 Å². The van der Waals surface area contributed by atoms with Crippen LogP contribution in [0.2, 0.25) is 0 Å². The molecule has 2 aromatic heterocycles. The van der Waals surface area contributed by atoms with Gasteiger partial charge in [0.2, 0.25) is 0 Å². The second-order valence-corrected chi connectivity index (χ2v) is 4.23. The zero-order valence-electron chi connectivity index (χ0n) is 10.1. The number of halogens is 3. The molecule has 102 valence electrons. The van der Waals surface area contributed by atoms with Crippen LogP contribution >= 0.6 is 0 Å². The van der Waals surface area contributed by atoms with Gasteiger partial charge in [0.05, 0.1) is 29.2 Å². The van der Waals surface area contributed by atoms with Gasteiger partial charge in [-0.25, -0.2) is 9.67 Å². The summed E-state index contributed by atoms with van der Waals surface area (Å²) in [6, 6.07) is 7.18. The highest BCUT2D eigenvalue weighted by Gasteiger charge is 2.33. The predicted octanol–water partition coefficient (Wildman–Crippen LogP) is 3.02. The van der Waals surface area contributed by atoms with Gasteiger partial charge in [0.1, 0.15) is 5.82 Å². The van der Waals surface area contributed by atoms with Gasteiger partial charge in [-0.1, -0.05) is 6.07 Å². The fraction of sp³-hybridized carbons (Fsp3) is 0.0769. The van der Waals surface area contributed by atoms with E-state index in [1.807, 2.05) is 0 Å². The molecule has 4 nitrogen and oxygen atoms in total. The monoisotopic (exact) mass is 278 g/mol. The van der Waals surface area contributed by atoms with E-state index >= 15 is 0 Å². The summed E-state index contributed by atoms with van der Waals surface area (Å²) in [6.07, 6.45) is -1.75. The van der Waals surface area contributed by atoms with E-state index in [2.05, 4.69) is 10.1 Å². The van der Waals surface area contributed by atoms with Crippen molar-refractivity contribution in [3.05, 3.63) is 48.3 Å². The molecule has 0 amide bonds. The van der Waals surface area contributed by atoms with Crippen molar-refractivity contribution < 1.29 is 13.2 Å². The largest absolute Gasteiger partial charge is 0.417 e. The average Bonchev–Trinajstić information content (AvgIpc) is 2.82. The van der Waals surface area contributed by atoms with Crippen LogP contribution in [-0.2, 0) is 6.18 Å². The van der Waals surface area contributed by atoms with E-state index in [0.29, 0.717) is 17.0 Å². The first-order valence-electron chi connectivity index (χ1n) is 5.72. The molecule has 0 saturated heterocycles. The molecule has 0 aliphatic rings. The molecule has 0 radical (unpaired) electrons. The Bertz CT molecular complexity index is 759. The quantitative estimate of drug-likeness (QED) is 0.744. The molecule has 2 heterocycles. The Morgan fingerprint density at radius 1 is 1.05 bits per heavy atom. The Morgan fingerprint density at radius 2 is 1.85 bits per heavy atom. The highest BCUT2D eigenvalue weighted by Crippen LogP contribution is 2.35. The smallest absolute Gasteiger partial charge is 0.384 e. The van der Waals surface area contributed by atoms with E-state index in [4.69, 9.17) is 5.73 Å². The molecule has 1 aromatic carbocycles. The first-order chi connectivity index (χ1) is 9.47. The number of nitrogens with two attached hydrogens (primary N) is 1. The van der Waals surface area contributed by atoms with Crippen LogP contribution in [0.4, 0.5) is 19.0 Å². The number of alkyl halides is 3. The number of rotatable bonds is 1. The van der Waals surface area contributed by atoms with E-state index in [9.17, 15) is 13.2 Å². The fourth-order valence-electron chi connectivity index (χ4n) is 2.03.